The molecule has 0 saturated carbocycles. The van der Waals surface area contributed by atoms with Crippen molar-refractivity contribution in [2.75, 3.05) is 5.32 Å². The third-order valence-corrected chi connectivity index (χ3v) is 3.70. The van der Waals surface area contributed by atoms with Crippen LogP contribution in [0.5, 0.6) is 0 Å². The lowest BCUT2D eigenvalue weighted by atomic mass is 10.1. The SMILES string of the molecule is O=C(Cn1ccc(C(=O)O)n1)Nc1cnn(Cc2c(F)c(F)c(F)c(F)c2F)c1. The van der Waals surface area contributed by atoms with Gasteiger partial charge in [0.15, 0.2) is 29.0 Å². The fourth-order valence-electron chi connectivity index (χ4n) is 2.38. The molecule has 0 radical (unpaired) electrons. The topological polar surface area (TPSA) is 102 Å². The Hall–Kier alpha value is -3.77. The number of aromatic nitrogens is 4. The highest BCUT2D eigenvalue weighted by atomic mass is 19.2. The molecule has 0 saturated heterocycles. The Morgan fingerprint density at radius 2 is 1.62 bits per heavy atom. The quantitative estimate of drug-likeness (QED) is 0.365. The predicted octanol–water partition coefficient (Wildman–Crippen LogP) is 2.16. The smallest absolute Gasteiger partial charge is 0.356 e. The van der Waals surface area contributed by atoms with Gasteiger partial charge in [-0.2, -0.15) is 10.2 Å². The molecule has 0 unspecified atom stereocenters. The van der Waals surface area contributed by atoms with Crippen molar-refractivity contribution in [3.8, 4) is 0 Å². The standard InChI is InChI=1S/C16H10F5N5O3/c17-11-8(12(18)14(20)15(21)13(11)19)5-26-4-7(3-22-26)23-10(27)6-25-2-1-9(24-25)16(28)29/h1-4H,5-6H2,(H,23,27)(H,28,29). The van der Waals surface area contributed by atoms with Crippen LogP contribution in [0.25, 0.3) is 0 Å². The first-order valence-corrected chi connectivity index (χ1v) is 7.76. The number of rotatable bonds is 6. The van der Waals surface area contributed by atoms with Crippen LogP contribution in [0.15, 0.2) is 24.7 Å². The summed E-state index contributed by atoms with van der Waals surface area (Å²) in [7, 11) is 0. The monoisotopic (exact) mass is 415 g/mol. The highest BCUT2D eigenvalue weighted by Gasteiger charge is 2.26. The van der Waals surface area contributed by atoms with Crippen LogP contribution in [0.3, 0.4) is 0 Å². The summed E-state index contributed by atoms with van der Waals surface area (Å²) in [4.78, 5) is 22.7. The molecule has 2 N–H and O–H groups in total. The zero-order valence-electron chi connectivity index (χ0n) is 14.2. The third kappa shape index (κ3) is 4.07. The number of benzene rings is 1. The largest absolute Gasteiger partial charge is 0.476 e. The molecule has 0 aliphatic rings. The first-order valence-electron chi connectivity index (χ1n) is 7.76. The number of hydrogen-bond acceptors (Lipinski definition) is 4. The molecule has 0 aliphatic carbocycles. The number of nitrogens with one attached hydrogen (secondary N) is 1. The minimum atomic E-state index is -2.26. The molecule has 3 aromatic rings. The van der Waals surface area contributed by atoms with E-state index in [0.717, 1.165) is 21.8 Å². The van der Waals surface area contributed by atoms with Crippen LogP contribution < -0.4 is 5.32 Å². The first-order chi connectivity index (χ1) is 13.7. The van der Waals surface area contributed by atoms with Crippen molar-refractivity contribution < 1.29 is 36.6 Å². The molecule has 29 heavy (non-hydrogen) atoms. The molecule has 0 fully saturated rings. The molecular formula is C16H10F5N5O3. The highest BCUT2D eigenvalue weighted by Crippen LogP contribution is 2.24. The molecule has 13 heteroatoms. The summed E-state index contributed by atoms with van der Waals surface area (Å²) in [5, 5.41) is 18.5. The summed E-state index contributed by atoms with van der Waals surface area (Å²) in [5.41, 5.74) is -1.27. The Bertz CT molecular complexity index is 1080. The van der Waals surface area contributed by atoms with Crippen LogP contribution in [0.2, 0.25) is 0 Å². The number of carboxylic acids is 1. The second-order valence-corrected chi connectivity index (χ2v) is 5.73. The Kier molecular flexibility index (Phi) is 5.30. The van der Waals surface area contributed by atoms with Gasteiger partial charge >= 0.3 is 5.97 Å². The van der Waals surface area contributed by atoms with E-state index in [-0.39, 0.29) is 17.9 Å². The summed E-state index contributed by atoms with van der Waals surface area (Å²) in [6, 6.07) is 1.19. The summed E-state index contributed by atoms with van der Waals surface area (Å²) < 4.78 is 68.9. The number of anilines is 1. The van der Waals surface area contributed by atoms with Crippen molar-refractivity contribution in [1.82, 2.24) is 19.6 Å². The van der Waals surface area contributed by atoms with Gasteiger partial charge in [-0.3, -0.25) is 14.2 Å². The van der Waals surface area contributed by atoms with Crippen LogP contribution in [0, 0.1) is 29.1 Å². The van der Waals surface area contributed by atoms with Crippen molar-refractivity contribution in [2.24, 2.45) is 0 Å². The van der Waals surface area contributed by atoms with Crippen molar-refractivity contribution in [2.45, 2.75) is 13.1 Å². The van der Waals surface area contributed by atoms with E-state index in [1.54, 1.807) is 0 Å². The lowest BCUT2D eigenvalue weighted by molar-refractivity contribution is -0.116. The Labute approximate surface area is 158 Å². The number of nitrogens with zero attached hydrogens (tertiary/aromatic N) is 4. The van der Waals surface area contributed by atoms with E-state index < -0.39 is 53.1 Å². The second-order valence-electron chi connectivity index (χ2n) is 5.73. The zero-order chi connectivity index (χ0) is 21.3. The molecular weight excluding hydrogens is 405 g/mol. The highest BCUT2D eigenvalue weighted by molar-refractivity contribution is 5.90. The van der Waals surface area contributed by atoms with Gasteiger partial charge in [-0.05, 0) is 6.07 Å². The summed E-state index contributed by atoms with van der Waals surface area (Å²) in [6.07, 6.45) is 3.48. The lowest BCUT2D eigenvalue weighted by Crippen LogP contribution is -2.19. The summed E-state index contributed by atoms with van der Waals surface area (Å²) in [5.74, 6) is -12.2. The van der Waals surface area contributed by atoms with Crippen LogP contribution >= 0.6 is 0 Å². The van der Waals surface area contributed by atoms with E-state index in [9.17, 15) is 31.5 Å². The molecule has 0 spiro atoms. The van der Waals surface area contributed by atoms with E-state index >= 15 is 0 Å². The van der Waals surface area contributed by atoms with E-state index in [2.05, 4.69) is 15.5 Å². The number of aromatic carboxylic acids is 1. The van der Waals surface area contributed by atoms with Crippen molar-refractivity contribution in [3.63, 3.8) is 0 Å². The maximum atomic E-state index is 13.7. The predicted molar refractivity (Wildman–Crippen MR) is 85.4 cm³/mol. The fraction of sp³-hybridized carbons (Fsp3) is 0.125. The number of carboxylic acid groups (broad SMARTS) is 1. The minimum absolute atomic E-state index is 0.0736. The van der Waals surface area contributed by atoms with Crippen LogP contribution in [0.4, 0.5) is 27.6 Å². The van der Waals surface area contributed by atoms with Gasteiger partial charge in [0.05, 0.1) is 24.0 Å². The molecule has 2 aromatic heterocycles. The summed E-state index contributed by atoms with van der Waals surface area (Å²) >= 11 is 0. The second kappa shape index (κ2) is 7.69. The van der Waals surface area contributed by atoms with Crippen LogP contribution in [0.1, 0.15) is 16.1 Å². The Balaban J connectivity index is 1.70. The van der Waals surface area contributed by atoms with Gasteiger partial charge in [0.1, 0.15) is 6.54 Å². The minimum Gasteiger partial charge on any atom is -0.476 e. The zero-order valence-corrected chi connectivity index (χ0v) is 14.2. The maximum absolute atomic E-state index is 13.7. The van der Waals surface area contributed by atoms with Gasteiger partial charge in [-0.15, -0.1) is 0 Å². The maximum Gasteiger partial charge on any atom is 0.356 e. The number of carbonyl (C=O) groups is 2. The molecule has 3 rings (SSSR count). The molecule has 1 aromatic carbocycles. The Morgan fingerprint density at radius 1 is 1.00 bits per heavy atom. The van der Waals surface area contributed by atoms with E-state index in [1.807, 2.05) is 0 Å². The van der Waals surface area contributed by atoms with Crippen molar-refractivity contribution >= 4 is 17.6 Å². The number of carbonyl (C=O) groups excluding carboxylic acids is 1. The van der Waals surface area contributed by atoms with Crippen LogP contribution in [-0.2, 0) is 17.9 Å². The molecule has 0 aliphatic heterocycles. The van der Waals surface area contributed by atoms with E-state index in [0.29, 0.717) is 0 Å². The van der Waals surface area contributed by atoms with Gasteiger partial charge in [-0.25, -0.2) is 26.7 Å². The fourth-order valence-corrected chi connectivity index (χ4v) is 2.38. The van der Waals surface area contributed by atoms with Gasteiger partial charge in [0.25, 0.3) is 0 Å². The van der Waals surface area contributed by atoms with Gasteiger partial charge < -0.3 is 10.4 Å². The lowest BCUT2D eigenvalue weighted by Gasteiger charge is -2.08. The van der Waals surface area contributed by atoms with Gasteiger partial charge in [0.2, 0.25) is 11.7 Å². The average Bonchev–Trinajstić information content (AvgIpc) is 3.31. The summed E-state index contributed by atoms with van der Waals surface area (Å²) in [6.45, 7) is -1.11. The third-order valence-electron chi connectivity index (χ3n) is 3.70. The normalized spacial score (nSPS) is 10.9. The van der Waals surface area contributed by atoms with Crippen LogP contribution in [-0.4, -0.2) is 36.5 Å². The Morgan fingerprint density at radius 3 is 2.21 bits per heavy atom. The van der Waals surface area contributed by atoms with E-state index in [1.165, 1.54) is 12.3 Å². The molecule has 0 bridgehead atoms. The first kappa shape index (κ1) is 20.0. The number of hydrogen-bond donors (Lipinski definition) is 2. The van der Waals surface area contributed by atoms with Gasteiger partial charge in [-0.1, -0.05) is 0 Å². The average molecular weight is 415 g/mol. The van der Waals surface area contributed by atoms with Gasteiger partial charge in [0, 0.05) is 12.4 Å². The number of amides is 1. The molecule has 152 valence electrons. The molecule has 0 atom stereocenters. The molecule has 1 amide bonds. The molecule has 2 heterocycles. The van der Waals surface area contributed by atoms with Crippen molar-refractivity contribution in [3.05, 3.63) is 65.0 Å². The molecule has 8 nitrogen and oxygen atoms in total. The van der Waals surface area contributed by atoms with E-state index in [4.69, 9.17) is 5.11 Å². The van der Waals surface area contributed by atoms with Crippen molar-refractivity contribution in [1.29, 1.82) is 0 Å². The number of halogens is 5.